The molecule has 3 rings (SSSR count). The molecular weight excluding hydrogens is 285 g/mol. The van der Waals surface area contributed by atoms with Crippen molar-refractivity contribution in [3.63, 3.8) is 0 Å². The van der Waals surface area contributed by atoms with Crippen LogP contribution in [0.3, 0.4) is 0 Å². The minimum Gasteiger partial charge on any atom is -0.341 e. The van der Waals surface area contributed by atoms with Gasteiger partial charge in [0.1, 0.15) is 5.82 Å². The second-order valence-electron chi connectivity index (χ2n) is 6.22. The summed E-state index contributed by atoms with van der Waals surface area (Å²) in [5.74, 6) is -0.514. The molecule has 1 aliphatic heterocycles. The van der Waals surface area contributed by atoms with Crippen LogP contribution in [0.4, 0.5) is 10.1 Å². The van der Waals surface area contributed by atoms with Gasteiger partial charge < -0.3 is 16.0 Å². The molecule has 5 nitrogen and oxygen atoms in total. The highest BCUT2D eigenvalue weighted by Crippen LogP contribution is 2.35. The number of nitrogens with zero attached hydrogens (tertiary/aromatic N) is 1. The van der Waals surface area contributed by atoms with Crippen molar-refractivity contribution in [3.8, 4) is 0 Å². The second-order valence-corrected chi connectivity index (χ2v) is 6.22. The van der Waals surface area contributed by atoms with Gasteiger partial charge in [-0.25, -0.2) is 4.39 Å². The van der Waals surface area contributed by atoms with Crippen LogP contribution >= 0.6 is 0 Å². The highest BCUT2D eigenvalue weighted by Gasteiger charge is 2.48. The van der Waals surface area contributed by atoms with Crippen molar-refractivity contribution in [1.29, 1.82) is 0 Å². The molecule has 1 heterocycles. The zero-order valence-electron chi connectivity index (χ0n) is 12.3. The highest BCUT2D eigenvalue weighted by atomic mass is 19.1. The third kappa shape index (κ3) is 3.11. The monoisotopic (exact) mass is 305 g/mol. The van der Waals surface area contributed by atoms with E-state index in [0.29, 0.717) is 31.6 Å². The number of piperidine rings is 1. The Morgan fingerprint density at radius 3 is 2.32 bits per heavy atom. The summed E-state index contributed by atoms with van der Waals surface area (Å²) < 4.78 is 12.8. The third-order valence-corrected chi connectivity index (χ3v) is 4.48. The maximum Gasteiger partial charge on any atom is 0.242 e. The third-order valence-electron chi connectivity index (χ3n) is 4.48. The first kappa shape index (κ1) is 15.0. The molecule has 0 aromatic heterocycles. The first-order valence-corrected chi connectivity index (χ1v) is 7.63. The number of anilines is 1. The summed E-state index contributed by atoms with van der Waals surface area (Å²) in [6.07, 6.45) is 2.79. The molecule has 0 unspecified atom stereocenters. The molecule has 0 bridgehead atoms. The Morgan fingerprint density at radius 2 is 1.77 bits per heavy atom. The van der Waals surface area contributed by atoms with E-state index in [-0.39, 0.29) is 23.5 Å². The molecule has 0 atom stereocenters. The molecule has 2 fully saturated rings. The molecule has 2 amide bonds. The number of amides is 2. The molecule has 1 aliphatic carbocycles. The second kappa shape index (κ2) is 5.68. The van der Waals surface area contributed by atoms with Crippen molar-refractivity contribution in [1.82, 2.24) is 4.90 Å². The number of likely N-dealkylation sites (tertiary alicyclic amines) is 1. The van der Waals surface area contributed by atoms with Crippen molar-refractivity contribution in [3.05, 3.63) is 30.1 Å². The molecule has 22 heavy (non-hydrogen) atoms. The molecule has 1 aromatic rings. The van der Waals surface area contributed by atoms with Crippen LogP contribution in [0.1, 0.15) is 25.7 Å². The van der Waals surface area contributed by atoms with Crippen molar-refractivity contribution < 1.29 is 14.0 Å². The van der Waals surface area contributed by atoms with Gasteiger partial charge in [-0.05, 0) is 49.9 Å². The van der Waals surface area contributed by atoms with Gasteiger partial charge in [0.15, 0.2) is 0 Å². The first-order chi connectivity index (χ1) is 10.5. The SMILES string of the molecule is NC1(C(=O)N2CCC(C(=O)Nc3ccc(F)cc3)CC2)CC1. The van der Waals surface area contributed by atoms with E-state index < -0.39 is 5.54 Å². The van der Waals surface area contributed by atoms with Gasteiger partial charge in [-0.1, -0.05) is 0 Å². The quantitative estimate of drug-likeness (QED) is 0.888. The number of carbonyl (C=O) groups is 2. The van der Waals surface area contributed by atoms with E-state index in [0.717, 1.165) is 12.8 Å². The smallest absolute Gasteiger partial charge is 0.242 e. The van der Waals surface area contributed by atoms with E-state index in [9.17, 15) is 14.0 Å². The first-order valence-electron chi connectivity index (χ1n) is 7.63. The summed E-state index contributed by atoms with van der Waals surface area (Å²) in [5, 5.41) is 2.79. The summed E-state index contributed by atoms with van der Waals surface area (Å²) in [5.41, 5.74) is 5.88. The lowest BCUT2D eigenvalue weighted by Crippen LogP contribution is -2.49. The molecule has 2 aliphatic rings. The summed E-state index contributed by atoms with van der Waals surface area (Å²) in [4.78, 5) is 26.1. The van der Waals surface area contributed by atoms with Crippen molar-refractivity contribution in [2.45, 2.75) is 31.2 Å². The standard InChI is InChI=1S/C16H20FN3O2/c17-12-1-3-13(4-2-12)19-14(21)11-5-9-20(10-6-11)15(22)16(18)7-8-16/h1-4,11H,5-10,18H2,(H,19,21). The fraction of sp³-hybridized carbons (Fsp3) is 0.500. The Bertz CT molecular complexity index is 576. The van der Waals surface area contributed by atoms with E-state index >= 15 is 0 Å². The zero-order chi connectivity index (χ0) is 15.7. The lowest BCUT2D eigenvalue weighted by atomic mass is 9.95. The predicted molar refractivity (Wildman–Crippen MR) is 80.5 cm³/mol. The topological polar surface area (TPSA) is 75.4 Å². The van der Waals surface area contributed by atoms with Gasteiger partial charge in [-0.2, -0.15) is 0 Å². The van der Waals surface area contributed by atoms with E-state index in [1.807, 2.05) is 0 Å². The van der Waals surface area contributed by atoms with Gasteiger partial charge in [0.25, 0.3) is 0 Å². The number of rotatable bonds is 3. The lowest BCUT2D eigenvalue weighted by molar-refractivity contribution is -0.136. The van der Waals surface area contributed by atoms with Crippen LogP contribution in [-0.2, 0) is 9.59 Å². The summed E-state index contributed by atoms with van der Waals surface area (Å²) >= 11 is 0. The van der Waals surface area contributed by atoms with E-state index in [2.05, 4.69) is 5.32 Å². The van der Waals surface area contributed by atoms with E-state index in [1.54, 1.807) is 4.90 Å². The van der Waals surface area contributed by atoms with Gasteiger partial charge >= 0.3 is 0 Å². The molecule has 118 valence electrons. The maximum atomic E-state index is 12.8. The number of benzene rings is 1. The number of nitrogens with one attached hydrogen (secondary N) is 1. The van der Waals surface area contributed by atoms with Gasteiger partial charge in [-0.3, -0.25) is 9.59 Å². The van der Waals surface area contributed by atoms with E-state index in [4.69, 9.17) is 5.73 Å². The minimum atomic E-state index is -0.636. The van der Waals surface area contributed by atoms with Gasteiger partial charge in [0, 0.05) is 24.7 Å². The molecule has 3 N–H and O–H groups in total. The molecule has 1 saturated carbocycles. The zero-order valence-corrected chi connectivity index (χ0v) is 12.3. The van der Waals surface area contributed by atoms with Crippen molar-refractivity contribution >= 4 is 17.5 Å². The summed E-state index contributed by atoms with van der Waals surface area (Å²) in [7, 11) is 0. The maximum absolute atomic E-state index is 12.8. The fourth-order valence-corrected chi connectivity index (χ4v) is 2.79. The molecule has 1 saturated heterocycles. The van der Waals surface area contributed by atoms with Crippen molar-refractivity contribution in [2.75, 3.05) is 18.4 Å². The number of hydrogen-bond donors (Lipinski definition) is 2. The molecule has 1 aromatic carbocycles. The van der Waals surface area contributed by atoms with Crippen molar-refractivity contribution in [2.24, 2.45) is 11.7 Å². The Balaban J connectivity index is 1.51. The summed E-state index contributed by atoms with van der Waals surface area (Å²) in [6.45, 7) is 1.14. The molecule has 6 heteroatoms. The van der Waals surface area contributed by atoms with Crippen LogP contribution in [0.25, 0.3) is 0 Å². The van der Waals surface area contributed by atoms with Crippen LogP contribution in [-0.4, -0.2) is 35.3 Å². The van der Waals surface area contributed by atoms with E-state index in [1.165, 1.54) is 24.3 Å². The Kier molecular flexibility index (Phi) is 3.87. The molecule has 0 spiro atoms. The van der Waals surface area contributed by atoms with Gasteiger partial charge in [0.2, 0.25) is 11.8 Å². The average Bonchev–Trinajstić information content (AvgIpc) is 3.28. The fourth-order valence-electron chi connectivity index (χ4n) is 2.79. The largest absolute Gasteiger partial charge is 0.341 e. The highest BCUT2D eigenvalue weighted by molar-refractivity contribution is 5.93. The van der Waals surface area contributed by atoms with Crippen LogP contribution in [0.15, 0.2) is 24.3 Å². The summed E-state index contributed by atoms with van der Waals surface area (Å²) in [6, 6.07) is 5.70. The Labute approximate surface area is 128 Å². The van der Waals surface area contributed by atoms with Crippen LogP contribution in [0, 0.1) is 11.7 Å². The van der Waals surface area contributed by atoms with Crippen LogP contribution < -0.4 is 11.1 Å². The van der Waals surface area contributed by atoms with Crippen LogP contribution in [0.2, 0.25) is 0 Å². The lowest BCUT2D eigenvalue weighted by Gasteiger charge is -2.33. The Morgan fingerprint density at radius 1 is 1.18 bits per heavy atom. The van der Waals surface area contributed by atoms with Crippen LogP contribution in [0.5, 0.6) is 0 Å². The number of carbonyl (C=O) groups excluding carboxylic acids is 2. The predicted octanol–water partition coefficient (Wildman–Crippen LogP) is 1.49. The number of halogens is 1. The average molecular weight is 305 g/mol. The molecular formula is C16H20FN3O2. The number of hydrogen-bond acceptors (Lipinski definition) is 3. The molecule has 0 radical (unpaired) electrons. The minimum absolute atomic E-state index is 0.0184. The van der Waals surface area contributed by atoms with Gasteiger partial charge in [0.05, 0.1) is 5.54 Å². The normalized spacial score (nSPS) is 20.5. The Hall–Kier alpha value is -1.95. The van der Waals surface area contributed by atoms with Gasteiger partial charge in [-0.15, -0.1) is 0 Å². The number of nitrogens with two attached hydrogens (primary N) is 1.